The minimum Gasteiger partial charge on any atom is -0.478 e. The van der Waals surface area contributed by atoms with Crippen molar-refractivity contribution in [2.45, 2.75) is 19.9 Å². The number of carbonyl (C=O) groups is 2. The normalized spacial score (nSPS) is 17.4. The number of aromatic carboxylic acids is 1. The van der Waals surface area contributed by atoms with Crippen LogP contribution in [0.3, 0.4) is 0 Å². The summed E-state index contributed by atoms with van der Waals surface area (Å²) in [6, 6.07) is 12.6. The van der Waals surface area contributed by atoms with Crippen molar-refractivity contribution in [3.05, 3.63) is 59.7 Å². The van der Waals surface area contributed by atoms with Crippen molar-refractivity contribution >= 4 is 23.6 Å². The number of aliphatic imine (C=N–C) groups is 1. The molecule has 2 atom stereocenters. The third kappa shape index (κ3) is 3.87. The van der Waals surface area contributed by atoms with Crippen LogP contribution in [0.15, 0.2) is 53.5 Å². The quantitative estimate of drug-likeness (QED) is 0.601. The predicted molar refractivity (Wildman–Crippen MR) is 109 cm³/mol. The zero-order valence-corrected chi connectivity index (χ0v) is 16.8. The van der Waals surface area contributed by atoms with E-state index in [1.54, 1.807) is 38.1 Å². The lowest BCUT2D eigenvalue weighted by Crippen LogP contribution is -2.37. The van der Waals surface area contributed by atoms with Gasteiger partial charge >= 0.3 is 11.9 Å². The van der Waals surface area contributed by atoms with Gasteiger partial charge in [0.15, 0.2) is 0 Å². The zero-order chi connectivity index (χ0) is 22.0. The van der Waals surface area contributed by atoms with Crippen molar-refractivity contribution in [2.75, 3.05) is 6.61 Å². The zero-order valence-electron chi connectivity index (χ0n) is 16.8. The molecular weight excluding hydrogens is 402 g/mol. The lowest BCUT2D eigenvalue weighted by atomic mass is 9.88. The van der Waals surface area contributed by atoms with Gasteiger partial charge in [0.1, 0.15) is 23.5 Å². The molecule has 0 bridgehead atoms. The van der Waals surface area contributed by atoms with Crippen LogP contribution in [0.5, 0.6) is 11.5 Å². The number of carboxylic acid groups (broad SMARTS) is 1. The molecule has 2 heterocycles. The number of carbonyl (C=O) groups excluding carboxylic acids is 1. The highest BCUT2D eigenvalue weighted by atomic mass is 16.5. The topological polar surface area (TPSA) is 129 Å². The molecule has 31 heavy (non-hydrogen) atoms. The number of para-hydroxylation sites is 1. The van der Waals surface area contributed by atoms with Gasteiger partial charge in [-0.2, -0.15) is 0 Å². The molecule has 0 fully saturated rings. The first-order valence-corrected chi connectivity index (χ1v) is 9.59. The minimum absolute atomic E-state index is 0.153. The number of carboxylic acids is 1. The van der Waals surface area contributed by atoms with Crippen LogP contribution < -0.4 is 4.74 Å². The van der Waals surface area contributed by atoms with Crippen LogP contribution in [0.1, 0.15) is 35.8 Å². The molecule has 158 valence electrons. The van der Waals surface area contributed by atoms with Crippen LogP contribution >= 0.6 is 0 Å². The van der Waals surface area contributed by atoms with E-state index in [9.17, 15) is 9.59 Å². The Balaban J connectivity index is 1.76. The molecule has 0 saturated carbocycles. The number of aromatic nitrogens is 4. The summed E-state index contributed by atoms with van der Waals surface area (Å²) in [6.07, 6.45) is 0. The van der Waals surface area contributed by atoms with Gasteiger partial charge in [-0.05, 0) is 54.6 Å². The maximum absolute atomic E-state index is 12.8. The van der Waals surface area contributed by atoms with E-state index in [-0.39, 0.29) is 18.1 Å². The Morgan fingerprint density at radius 2 is 1.87 bits per heavy atom. The lowest BCUT2D eigenvalue weighted by molar-refractivity contribution is -0.146. The number of ether oxygens (including phenoxy) is 2. The average molecular weight is 421 g/mol. The number of nitrogens with zero attached hydrogens (tertiary/aromatic N) is 5. The Morgan fingerprint density at radius 3 is 2.58 bits per heavy atom. The van der Waals surface area contributed by atoms with Crippen molar-refractivity contribution in [2.24, 2.45) is 10.9 Å². The standard InChI is InChI=1S/C21H19N5O5/c1-3-30-20(29)17-12(2)22-21-23-24-25-26(21)18(17)15-6-4-5-7-16(15)31-14-10-8-13(9-11-14)19(27)28/h4-11,17-18H,3H2,1-2H3,(H,27,28). The van der Waals surface area contributed by atoms with E-state index in [0.29, 0.717) is 22.8 Å². The molecule has 1 N–H and O–H groups in total. The summed E-state index contributed by atoms with van der Waals surface area (Å²) in [5.74, 6) is -0.994. The Labute approximate surface area is 177 Å². The summed E-state index contributed by atoms with van der Waals surface area (Å²) >= 11 is 0. The van der Waals surface area contributed by atoms with Gasteiger partial charge in [-0.3, -0.25) is 4.79 Å². The van der Waals surface area contributed by atoms with E-state index in [2.05, 4.69) is 20.5 Å². The van der Waals surface area contributed by atoms with Gasteiger partial charge in [-0.25, -0.2) is 14.5 Å². The molecule has 0 spiro atoms. The molecular formula is C21H19N5O5. The fourth-order valence-corrected chi connectivity index (χ4v) is 3.49. The molecule has 2 aromatic carbocycles. The van der Waals surface area contributed by atoms with Gasteiger partial charge in [0.05, 0.1) is 12.2 Å². The van der Waals surface area contributed by atoms with Crippen molar-refractivity contribution in [3.63, 3.8) is 0 Å². The van der Waals surface area contributed by atoms with Gasteiger partial charge in [0, 0.05) is 11.3 Å². The highest BCUT2D eigenvalue weighted by molar-refractivity contribution is 6.03. The summed E-state index contributed by atoms with van der Waals surface area (Å²) in [5, 5.41) is 20.8. The van der Waals surface area contributed by atoms with Crippen molar-refractivity contribution in [1.82, 2.24) is 20.2 Å². The van der Waals surface area contributed by atoms with Crippen molar-refractivity contribution < 1.29 is 24.2 Å². The second-order valence-electron chi connectivity index (χ2n) is 6.82. The molecule has 1 aromatic heterocycles. The van der Waals surface area contributed by atoms with Gasteiger partial charge in [0.25, 0.3) is 5.95 Å². The van der Waals surface area contributed by atoms with E-state index in [4.69, 9.17) is 14.6 Å². The van der Waals surface area contributed by atoms with Gasteiger partial charge < -0.3 is 14.6 Å². The van der Waals surface area contributed by atoms with E-state index in [0.717, 1.165) is 0 Å². The SMILES string of the molecule is CCOC(=O)C1C(C)=Nc2nnnn2C1c1ccccc1Oc1ccc(C(=O)O)cc1. The molecule has 1 aliphatic heterocycles. The highest BCUT2D eigenvalue weighted by Gasteiger charge is 2.41. The maximum atomic E-state index is 12.8. The highest BCUT2D eigenvalue weighted by Crippen LogP contribution is 2.40. The number of hydrogen-bond acceptors (Lipinski definition) is 8. The summed E-state index contributed by atoms with van der Waals surface area (Å²) in [4.78, 5) is 28.3. The molecule has 1 aliphatic rings. The fraction of sp³-hybridized carbons (Fsp3) is 0.238. The molecule has 0 saturated heterocycles. The first kappa shape index (κ1) is 20.2. The Bertz CT molecular complexity index is 1150. The van der Waals surface area contributed by atoms with Crippen LogP contribution in [0, 0.1) is 5.92 Å². The van der Waals surface area contributed by atoms with Crippen LogP contribution in [-0.2, 0) is 9.53 Å². The summed E-state index contributed by atoms with van der Waals surface area (Å²) in [7, 11) is 0. The third-order valence-electron chi connectivity index (χ3n) is 4.89. The smallest absolute Gasteiger partial charge is 0.335 e. The number of benzene rings is 2. The van der Waals surface area contributed by atoms with Gasteiger partial charge in [-0.1, -0.05) is 23.3 Å². The Kier molecular flexibility index (Phi) is 5.44. The first-order chi connectivity index (χ1) is 15.0. The minimum atomic E-state index is -1.02. The average Bonchev–Trinajstić information content (AvgIpc) is 3.22. The molecule has 0 aliphatic carbocycles. The molecule has 10 heteroatoms. The number of tetrazole rings is 1. The Morgan fingerprint density at radius 1 is 1.13 bits per heavy atom. The van der Waals surface area contributed by atoms with E-state index < -0.39 is 23.9 Å². The van der Waals surface area contributed by atoms with E-state index in [1.165, 1.54) is 16.8 Å². The first-order valence-electron chi connectivity index (χ1n) is 9.59. The third-order valence-corrected chi connectivity index (χ3v) is 4.89. The number of fused-ring (bicyclic) bond motifs is 1. The number of esters is 1. The van der Waals surface area contributed by atoms with Gasteiger partial charge in [0.2, 0.25) is 0 Å². The molecule has 4 rings (SSSR count). The van der Waals surface area contributed by atoms with Crippen molar-refractivity contribution in [1.29, 1.82) is 0 Å². The maximum Gasteiger partial charge on any atom is 0.335 e. The molecule has 0 radical (unpaired) electrons. The van der Waals surface area contributed by atoms with Crippen LogP contribution in [0.25, 0.3) is 0 Å². The number of hydrogen-bond donors (Lipinski definition) is 1. The summed E-state index contributed by atoms with van der Waals surface area (Å²) in [5.41, 5.74) is 1.34. The van der Waals surface area contributed by atoms with E-state index in [1.807, 2.05) is 12.1 Å². The van der Waals surface area contributed by atoms with Gasteiger partial charge in [-0.15, -0.1) is 0 Å². The Hall–Kier alpha value is -4.08. The molecule has 2 unspecified atom stereocenters. The second-order valence-corrected chi connectivity index (χ2v) is 6.82. The largest absolute Gasteiger partial charge is 0.478 e. The summed E-state index contributed by atoms with van der Waals surface area (Å²) < 4.78 is 12.8. The second kappa shape index (κ2) is 8.34. The molecule has 0 amide bonds. The van der Waals surface area contributed by atoms with Crippen LogP contribution in [-0.4, -0.2) is 49.6 Å². The predicted octanol–water partition coefficient (Wildman–Crippen LogP) is 3.04. The van der Waals surface area contributed by atoms with Crippen LogP contribution in [0.4, 0.5) is 5.95 Å². The fourth-order valence-electron chi connectivity index (χ4n) is 3.49. The molecule has 3 aromatic rings. The van der Waals surface area contributed by atoms with Crippen molar-refractivity contribution in [3.8, 4) is 11.5 Å². The molecule has 10 nitrogen and oxygen atoms in total. The van der Waals surface area contributed by atoms with Crippen LogP contribution in [0.2, 0.25) is 0 Å². The van der Waals surface area contributed by atoms with E-state index >= 15 is 0 Å². The number of rotatable bonds is 6. The summed E-state index contributed by atoms with van der Waals surface area (Å²) in [6.45, 7) is 3.70. The monoisotopic (exact) mass is 421 g/mol. The lowest BCUT2D eigenvalue weighted by Gasteiger charge is -2.30.